The number of rotatable bonds is 5. The number of nitrogens with zero attached hydrogens (tertiary/aromatic N) is 2. The van der Waals surface area contributed by atoms with Gasteiger partial charge in [0.25, 0.3) is 5.69 Å². The molecule has 2 atom stereocenters. The molecule has 1 saturated heterocycles. The van der Waals surface area contributed by atoms with Gasteiger partial charge in [-0.1, -0.05) is 6.92 Å². The number of nitro benzene ring substituents is 1. The van der Waals surface area contributed by atoms with Crippen LogP contribution >= 0.6 is 0 Å². The molecule has 1 aromatic carbocycles. The third-order valence-corrected chi connectivity index (χ3v) is 4.01. The van der Waals surface area contributed by atoms with Gasteiger partial charge in [0.15, 0.2) is 0 Å². The van der Waals surface area contributed by atoms with Crippen molar-refractivity contribution in [2.24, 2.45) is 11.8 Å². The summed E-state index contributed by atoms with van der Waals surface area (Å²) in [6.45, 7) is 3.62. The van der Waals surface area contributed by atoms with Crippen LogP contribution in [-0.2, 0) is 6.54 Å². The van der Waals surface area contributed by atoms with Crippen LogP contribution in [0.2, 0.25) is 0 Å². The Morgan fingerprint density at radius 1 is 1.60 bits per heavy atom. The molecular weight excluding hydrogens is 260 g/mol. The van der Waals surface area contributed by atoms with Crippen molar-refractivity contribution >= 4 is 11.4 Å². The van der Waals surface area contributed by atoms with Crippen molar-refractivity contribution in [2.75, 3.05) is 18.6 Å². The van der Waals surface area contributed by atoms with Crippen molar-refractivity contribution < 1.29 is 10.0 Å². The molecule has 0 bridgehead atoms. The monoisotopic (exact) mass is 280 g/mol. The maximum absolute atomic E-state index is 10.9. The Kier molecular flexibility index (Phi) is 4.53. The smallest absolute Gasteiger partial charge is 0.269 e. The average Bonchev–Trinajstić information content (AvgIpc) is 2.78. The Bertz CT molecular complexity index is 495. The molecular formula is C13H20N4O3. The van der Waals surface area contributed by atoms with Gasteiger partial charge in [-0.25, -0.2) is 0 Å². The molecule has 4 N–H and O–H groups in total. The fraction of sp³-hybridized carbons (Fsp3) is 0.538. The van der Waals surface area contributed by atoms with E-state index < -0.39 is 4.92 Å². The Morgan fingerprint density at radius 3 is 2.95 bits per heavy atom. The maximum Gasteiger partial charge on any atom is 0.269 e. The Labute approximate surface area is 117 Å². The number of hydrogen-bond donors (Lipinski definition) is 3. The van der Waals surface area contributed by atoms with Crippen LogP contribution in [0.1, 0.15) is 18.9 Å². The van der Waals surface area contributed by atoms with Crippen LogP contribution < -0.4 is 11.3 Å². The van der Waals surface area contributed by atoms with Crippen LogP contribution in [0.4, 0.5) is 11.4 Å². The predicted molar refractivity (Wildman–Crippen MR) is 76.0 cm³/mol. The Morgan fingerprint density at radius 2 is 2.35 bits per heavy atom. The number of nitro groups is 1. The second kappa shape index (κ2) is 6.17. The first-order valence-corrected chi connectivity index (χ1v) is 6.65. The lowest BCUT2D eigenvalue weighted by Gasteiger charge is -2.25. The molecule has 2 unspecified atom stereocenters. The molecule has 0 aromatic heterocycles. The summed E-state index contributed by atoms with van der Waals surface area (Å²) in [5.41, 5.74) is 4.06. The maximum atomic E-state index is 10.9. The first-order chi connectivity index (χ1) is 9.56. The number of aliphatic hydroxyl groups is 1. The molecule has 0 radical (unpaired) electrons. The minimum atomic E-state index is -0.417. The van der Waals surface area contributed by atoms with Crippen molar-refractivity contribution in [2.45, 2.75) is 25.9 Å². The summed E-state index contributed by atoms with van der Waals surface area (Å²) in [4.78, 5) is 12.6. The van der Waals surface area contributed by atoms with E-state index in [-0.39, 0.29) is 18.3 Å². The third kappa shape index (κ3) is 2.90. The molecule has 2 rings (SSSR count). The largest absolute Gasteiger partial charge is 0.395 e. The standard InChI is InChI=1S/C13H20N4O3/c1-9-4-5-16(13(9)8-18)7-10-6-11(17(19)20)2-3-12(10)15-14/h2-3,6,9,13,15,18H,4-5,7-8,14H2,1H3. The number of anilines is 1. The highest BCUT2D eigenvalue weighted by Crippen LogP contribution is 2.29. The highest BCUT2D eigenvalue weighted by Gasteiger charge is 2.30. The van der Waals surface area contributed by atoms with Crippen molar-refractivity contribution in [3.8, 4) is 0 Å². The van der Waals surface area contributed by atoms with Crippen molar-refractivity contribution in [1.29, 1.82) is 0 Å². The Balaban J connectivity index is 2.23. The van der Waals surface area contributed by atoms with Crippen LogP contribution in [0.15, 0.2) is 18.2 Å². The third-order valence-electron chi connectivity index (χ3n) is 4.01. The number of nitrogens with two attached hydrogens (primary N) is 1. The van der Waals surface area contributed by atoms with Crippen LogP contribution in [-0.4, -0.2) is 34.1 Å². The lowest BCUT2D eigenvalue weighted by Crippen LogP contribution is -2.35. The summed E-state index contributed by atoms with van der Waals surface area (Å²) in [5.74, 6) is 5.88. The van der Waals surface area contributed by atoms with Gasteiger partial charge in [0, 0.05) is 24.7 Å². The molecule has 1 aromatic rings. The highest BCUT2D eigenvalue weighted by atomic mass is 16.6. The first-order valence-electron chi connectivity index (χ1n) is 6.65. The van der Waals surface area contributed by atoms with E-state index >= 15 is 0 Å². The predicted octanol–water partition coefficient (Wildman–Crippen LogP) is 1.08. The molecule has 1 aliphatic rings. The second-order valence-electron chi connectivity index (χ2n) is 5.23. The Hall–Kier alpha value is -1.70. The van der Waals surface area contributed by atoms with Crippen LogP contribution in [0.3, 0.4) is 0 Å². The molecule has 0 saturated carbocycles. The molecule has 7 nitrogen and oxygen atoms in total. The van der Waals surface area contributed by atoms with E-state index in [1.165, 1.54) is 12.1 Å². The summed E-state index contributed by atoms with van der Waals surface area (Å²) in [6.07, 6.45) is 1.02. The van der Waals surface area contributed by atoms with Crippen molar-refractivity contribution in [3.63, 3.8) is 0 Å². The zero-order chi connectivity index (χ0) is 14.7. The summed E-state index contributed by atoms with van der Waals surface area (Å²) >= 11 is 0. The summed E-state index contributed by atoms with van der Waals surface area (Å²) < 4.78 is 0. The minimum absolute atomic E-state index is 0.0480. The normalized spacial score (nSPS) is 22.9. The van der Waals surface area contributed by atoms with E-state index in [1.54, 1.807) is 6.07 Å². The molecule has 1 fully saturated rings. The molecule has 1 heterocycles. The molecule has 7 heteroatoms. The number of hydrogen-bond acceptors (Lipinski definition) is 6. The SMILES string of the molecule is CC1CCN(Cc2cc([N+](=O)[O-])ccc2NN)C1CO. The quantitative estimate of drug-likeness (QED) is 0.423. The lowest BCUT2D eigenvalue weighted by atomic mass is 10.0. The summed E-state index contributed by atoms with van der Waals surface area (Å²) in [5, 5.41) is 20.3. The first kappa shape index (κ1) is 14.7. The zero-order valence-corrected chi connectivity index (χ0v) is 11.5. The fourth-order valence-electron chi connectivity index (χ4n) is 2.76. The van der Waals surface area contributed by atoms with Crippen molar-refractivity contribution in [1.82, 2.24) is 4.90 Å². The number of aliphatic hydroxyl groups excluding tert-OH is 1. The van der Waals surface area contributed by atoms with E-state index in [1.807, 2.05) is 0 Å². The zero-order valence-electron chi connectivity index (χ0n) is 11.5. The fourth-order valence-corrected chi connectivity index (χ4v) is 2.76. The molecule has 20 heavy (non-hydrogen) atoms. The van der Waals surface area contributed by atoms with Crippen LogP contribution in [0.5, 0.6) is 0 Å². The van der Waals surface area contributed by atoms with E-state index in [4.69, 9.17) is 5.84 Å². The molecule has 0 spiro atoms. The van der Waals surface area contributed by atoms with Gasteiger partial charge >= 0.3 is 0 Å². The van der Waals surface area contributed by atoms with Crippen LogP contribution in [0.25, 0.3) is 0 Å². The van der Waals surface area contributed by atoms with Gasteiger partial charge in [-0.05, 0) is 30.5 Å². The van der Waals surface area contributed by atoms with Gasteiger partial charge < -0.3 is 10.5 Å². The topological polar surface area (TPSA) is 105 Å². The number of non-ortho nitro benzene ring substituents is 1. The minimum Gasteiger partial charge on any atom is -0.395 e. The number of benzene rings is 1. The van der Waals surface area contributed by atoms with Gasteiger partial charge in [-0.3, -0.25) is 20.9 Å². The molecule has 110 valence electrons. The number of hydrazine groups is 1. The van der Waals surface area contributed by atoms with E-state index in [9.17, 15) is 15.2 Å². The molecule has 0 amide bonds. The molecule has 1 aliphatic heterocycles. The number of likely N-dealkylation sites (tertiary alicyclic amines) is 1. The van der Waals surface area contributed by atoms with E-state index in [0.717, 1.165) is 18.5 Å². The van der Waals surface area contributed by atoms with E-state index in [0.29, 0.717) is 18.2 Å². The van der Waals surface area contributed by atoms with Gasteiger partial charge in [0.2, 0.25) is 0 Å². The van der Waals surface area contributed by atoms with Gasteiger partial charge in [0.1, 0.15) is 0 Å². The lowest BCUT2D eigenvalue weighted by molar-refractivity contribution is -0.384. The highest BCUT2D eigenvalue weighted by molar-refractivity contribution is 5.55. The van der Waals surface area contributed by atoms with E-state index in [2.05, 4.69) is 17.2 Å². The second-order valence-corrected chi connectivity index (χ2v) is 5.23. The summed E-state index contributed by atoms with van der Waals surface area (Å²) in [7, 11) is 0. The number of nitrogens with one attached hydrogen (secondary N) is 1. The molecule has 0 aliphatic carbocycles. The van der Waals surface area contributed by atoms with Gasteiger partial charge in [-0.2, -0.15) is 0 Å². The van der Waals surface area contributed by atoms with Crippen LogP contribution in [0, 0.1) is 16.0 Å². The number of nitrogen functional groups attached to an aromatic ring is 1. The van der Waals surface area contributed by atoms with Gasteiger partial charge in [0.05, 0.1) is 17.2 Å². The van der Waals surface area contributed by atoms with Crippen molar-refractivity contribution in [3.05, 3.63) is 33.9 Å². The average molecular weight is 280 g/mol. The summed E-state index contributed by atoms with van der Waals surface area (Å²) in [6, 6.07) is 4.67. The van der Waals surface area contributed by atoms with Gasteiger partial charge in [-0.15, -0.1) is 0 Å².